The summed E-state index contributed by atoms with van der Waals surface area (Å²) >= 11 is 0. The number of benzene rings is 1. The third-order valence-electron chi connectivity index (χ3n) is 3.47. The van der Waals surface area contributed by atoms with Crippen molar-refractivity contribution in [3.8, 4) is 0 Å². The number of rotatable bonds is 5. The van der Waals surface area contributed by atoms with Crippen molar-refractivity contribution in [2.75, 3.05) is 5.32 Å². The molecule has 4 nitrogen and oxygen atoms in total. The molecule has 2 N–H and O–H groups in total. The quantitative estimate of drug-likeness (QED) is 0.880. The first-order valence-electron chi connectivity index (χ1n) is 7.39. The highest BCUT2D eigenvalue weighted by molar-refractivity contribution is 5.54. The van der Waals surface area contributed by atoms with Gasteiger partial charge in [-0.1, -0.05) is 26.0 Å². The molecule has 2 aromatic rings. The van der Waals surface area contributed by atoms with Crippen LogP contribution in [0, 0.1) is 19.8 Å². The van der Waals surface area contributed by atoms with Crippen molar-refractivity contribution < 1.29 is 0 Å². The number of aryl methyl sites for hydroxylation is 2. The van der Waals surface area contributed by atoms with Crippen LogP contribution in [0.3, 0.4) is 0 Å². The number of aromatic amines is 1. The predicted octanol–water partition coefficient (Wildman–Crippen LogP) is 3.72. The Morgan fingerprint density at radius 3 is 2.67 bits per heavy atom. The van der Waals surface area contributed by atoms with Crippen molar-refractivity contribution in [3.63, 3.8) is 0 Å². The van der Waals surface area contributed by atoms with Crippen molar-refractivity contribution in [2.24, 2.45) is 5.92 Å². The summed E-state index contributed by atoms with van der Waals surface area (Å²) < 4.78 is 0. The van der Waals surface area contributed by atoms with Gasteiger partial charge in [0.1, 0.15) is 0 Å². The molecule has 21 heavy (non-hydrogen) atoms. The lowest BCUT2D eigenvalue weighted by atomic mass is 10.0. The van der Waals surface area contributed by atoms with Gasteiger partial charge in [-0.25, -0.2) is 4.98 Å². The van der Waals surface area contributed by atoms with Crippen LogP contribution in [-0.4, -0.2) is 9.97 Å². The van der Waals surface area contributed by atoms with Crippen molar-refractivity contribution >= 4 is 11.6 Å². The van der Waals surface area contributed by atoms with Crippen LogP contribution in [0.2, 0.25) is 0 Å². The van der Waals surface area contributed by atoms with E-state index in [1.807, 2.05) is 38.1 Å². The van der Waals surface area contributed by atoms with Gasteiger partial charge in [0.05, 0.1) is 0 Å². The van der Waals surface area contributed by atoms with Crippen molar-refractivity contribution in [1.82, 2.24) is 9.97 Å². The van der Waals surface area contributed by atoms with Crippen LogP contribution in [0.15, 0.2) is 29.1 Å². The Morgan fingerprint density at radius 2 is 2.05 bits per heavy atom. The van der Waals surface area contributed by atoms with Gasteiger partial charge in [0.2, 0.25) is 5.95 Å². The summed E-state index contributed by atoms with van der Waals surface area (Å²) in [6, 6.07) is 7.97. The normalized spacial score (nSPS) is 10.9. The van der Waals surface area contributed by atoms with Crippen LogP contribution in [-0.2, 0) is 6.42 Å². The Balaban J connectivity index is 2.21. The lowest BCUT2D eigenvalue weighted by Crippen LogP contribution is -2.18. The highest BCUT2D eigenvalue weighted by Crippen LogP contribution is 2.15. The zero-order valence-corrected chi connectivity index (χ0v) is 13.2. The molecule has 1 aromatic carbocycles. The van der Waals surface area contributed by atoms with Gasteiger partial charge < -0.3 is 5.32 Å². The van der Waals surface area contributed by atoms with Gasteiger partial charge in [0.25, 0.3) is 5.56 Å². The maximum absolute atomic E-state index is 12.2. The van der Waals surface area contributed by atoms with Crippen LogP contribution in [0.1, 0.15) is 37.1 Å². The molecular weight excluding hydrogens is 262 g/mol. The number of H-pyrrole nitrogens is 1. The fourth-order valence-corrected chi connectivity index (χ4v) is 2.26. The van der Waals surface area contributed by atoms with E-state index in [0.29, 0.717) is 11.9 Å². The third-order valence-corrected chi connectivity index (χ3v) is 3.47. The van der Waals surface area contributed by atoms with Crippen molar-refractivity contribution in [2.45, 2.75) is 40.5 Å². The van der Waals surface area contributed by atoms with Crippen LogP contribution >= 0.6 is 0 Å². The van der Waals surface area contributed by atoms with E-state index in [-0.39, 0.29) is 5.56 Å². The molecule has 0 amide bonds. The molecule has 0 aliphatic heterocycles. The number of aromatic nitrogens is 2. The monoisotopic (exact) mass is 285 g/mol. The van der Waals surface area contributed by atoms with Crippen molar-refractivity contribution in [1.29, 1.82) is 0 Å². The van der Waals surface area contributed by atoms with Gasteiger partial charge in [-0.15, -0.1) is 0 Å². The smallest absolute Gasteiger partial charge is 0.255 e. The second-order valence-corrected chi connectivity index (χ2v) is 5.91. The van der Waals surface area contributed by atoms with Crippen molar-refractivity contribution in [3.05, 3.63) is 51.4 Å². The average molecular weight is 285 g/mol. The molecule has 0 saturated carbocycles. The largest absolute Gasteiger partial charge is 0.326 e. The SMILES string of the molecule is Cc1cccc(Nc2nc(C)c(CCC(C)C)c(=O)[nH]2)c1. The number of nitrogens with zero attached hydrogens (tertiary/aromatic N) is 1. The van der Waals surface area contributed by atoms with E-state index < -0.39 is 0 Å². The minimum absolute atomic E-state index is 0.0432. The Bertz CT molecular complexity index is 674. The first-order chi connectivity index (χ1) is 9.95. The van der Waals surface area contributed by atoms with Gasteiger partial charge in [-0.05, 0) is 50.3 Å². The molecule has 0 bridgehead atoms. The zero-order chi connectivity index (χ0) is 15.4. The highest BCUT2D eigenvalue weighted by atomic mass is 16.1. The molecule has 2 rings (SSSR count). The number of hydrogen-bond acceptors (Lipinski definition) is 3. The van der Waals surface area contributed by atoms with E-state index in [0.717, 1.165) is 35.3 Å². The van der Waals surface area contributed by atoms with Gasteiger partial charge in [0.15, 0.2) is 0 Å². The summed E-state index contributed by atoms with van der Waals surface area (Å²) in [5.41, 5.74) is 3.63. The fraction of sp³-hybridized carbons (Fsp3) is 0.412. The van der Waals surface area contributed by atoms with Gasteiger partial charge in [-0.3, -0.25) is 9.78 Å². The Hall–Kier alpha value is -2.10. The standard InChI is InChI=1S/C17H23N3O/c1-11(2)8-9-15-13(4)18-17(20-16(15)21)19-14-7-5-6-12(3)10-14/h5-7,10-11H,8-9H2,1-4H3,(H2,18,19,20,21). The predicted molar refractivity (Wildman–Crippen MR) is 87.2 cm³/mol. The zero-order valence-electron chi connectivity index (χ0n) is 13.2. The van der Waals surface area contributed by atoms with E-state index in [2.05, 4.69) is 29.1 Å². The molecule has 0 atom stereocenters. The first kappa shape index (κ1) is 15.3. The van der Waals surface area contributed by atoms with Crippen LogP contribution in [0.4, 0.5) is 11.6 Å². The summed E-state index contributed by atoms with van der Waals surface area (Å²) in [5.74, 6) is 1.07. The summed E-state index contributed by atoms with van der Waals surface area (Å²) in [6.07, 6.45) is 1.77. The van der Waals surface area contributed by atoms with Crippen LogP contribution in [0.5, 0.6) is 0 Å². The maximum atomic E-state index is 12.2. The topological polar surface area (TPSA) is 57.8 Å². The molecule has 0 radical (unpaired) electrons. The van der Waals surface area contributed by atoms with E-state index in [1.165, 1.54) is 0 Å². The molecule has 0 saturated heterocycles. The van der Waals surface area contributed by atoms with E-state index in [1.54, 1.807) is 0 Å². The number of nitrogens with one attached hydrogen (secondary N) is 2. The molecule has 0 spiro atoms. The molecule has 0 aliphatic rings. The van der Waals surface area contributed by atoms with Crippen LogP contribution in [0.25, 0.3) is 0 Å². The molecule has 112 valence electrons. The maximum Gasteiger partial charge on any atom is 0.255 e. The van der Waals surface area contributed by atoms with E-state index in [4.69, 9.17) is 0 Å². The Labute approximate surface area is 125 Å². The minimum Gasteiger partial charge on any atom is -0.326 e. The summed E-state index contributed by atoms with van der Waals surface area (Å²) in [6.45, 7) is 8.24. The van der Waals surface area contributed by atoms with Gasteiger partial charge in [-0.2, -0.15) is 0 Å². The molecular formula is C17H23N3O. The molecule has 4 heteroatoms. The molecule has 0 unspecified atom stereocenters. The molecule has 0 fully saturated rings. The Kier molecular flexibility index (Phi) is 4.78. The van der Waals surface area contributed by atoms with E-state index >= 15 is 0 Å². The minimum atomic E-state index is -0.0432. The lowest BCUT2D eigenvalue weighted by molar-refractivity contribution is 0.582. The highest BCUT2D eigenvalue weighted by Gasteiger charge is 2.09. The Morgan fingerprint density at radius 1 is 1.29 bits per heavy atom. The molecule has 0 aliphatic carbocycles. The third kappa shape index (κ3) is 4.18. The molecule has 1 aromatic heterocycles. The lowest BCUT2D eigenvalue weighted by Gasteiger charge is -2.10. The second-order valence-electron chi connectivity index (χ2n) is 5.91. The fourth-order valence-electron chi connectivity index (χ4n) is 2.26. The number of hydrogen-bond donors (Lipinski definition) is 2. The van der Waals surface area contributed by atoms with E-state index in [9.17, 15) is 4.79 Å². The van der Waals surface area contributed by atoms with Gasteiger partial charge in [0, 0.05) is 16.9 Å². The number of anilines is 2. The van der Waals surface area contributed by atoms with Crippen LogP contribution < -0.4 is 10.9 Å². The first-order valence-corrected chi connectivity index (χ1v) is 7.39. The second kappa shape index (κ2) is 6.57. The summed E-state index contributed by atoms with van der Waals surface area (Å²) in [4.78, 5) is 19.5. The van der Waals surface area contributed by atoms with Gasteiger partial charge >= 0.3 is 0 Å². The summed E-state index contributed by atoms with van der Waals surface area (Å²) in [5, 5.41) is 3.15. The molecule has 1 heterocycles. The summed E-state index contributed by atoms with van der Waals surface area (Å²) in [7, 11) is 0. The average Bonchev–Trinajstić information content (AvgIpc) is 2.37.